The van der Waals surface area contributed by atoms with E-state index in [9.17, 15) is 4.79 Å². The summed E-state index contributed by atoms with van der Waals surface area (Å²) in [5, 5.41) is 8.83. The van der Waals surface area contributed by atoms with Crippen molar-refractivity contribution in [1.29, 1.82) is 0 Å². The van der Waals surface area contributed by atoms with Crippen molar-refractivity contribution in [3.05, 3.63) is 0 Å². The summed E-state index contributed by atoms with van der Waals surface area (Å²) in [5.74, 6) is 1.79. The molecular weight excluding hydrogens is 152 g/mol. The van der Waals surface area contributed by atoms with E-state index < -0.39 is 11.4 Å². The molecule has 68 valence electrons. The van der Waals surface area contributed by atoms with Crippen LogP contribution in [0.4, 0.5) is 0 Å². The van der Waals surface area contributed by atoms with Crippen LogP contribution in [0.2, 0.25) is 0 Å². The van der Waals surface area contributed by atoms with Crippen LogP contribution in [0.3, 0.4) is 0 Å². The van der Waals surface area contributed by atoms with Gasteiger partial charge in [0, 0.05) is 5.41 Å². The van der Waals surface area contributed by atoms with Crippen molar-refractivity contribution >= 4 is 5.97 Å². The van der Waals surface area contributed by atoms with Crippen molar-refractivity contribution in [2.75, 3.05) is 0 Å². The molecule has 0 bridgehead atoms. The topological polar surface area (TPSA) is 37.3 Å². The summed E-state index contributed by atoms with van der Waals surface area (Å²) in [6, 6.07) is 0. The molecule has 0 aliphatic carbocycles. The first-order valence-electron chi connectivity index (χ1n) is 3.92. The molecule has 0 rings (SSSR count). The molecule has 0 spiro atoms. The summed E-state index contributed by atoms with van der Waals surface area (Å²) in [6.45, 7) is 7.12. The van der Waals surface area contributed by atoms with Gasteiger partial charge in [0.1, 0.15) is 0 Å². The first kappa shape index (κ1) is 11.0. The maximum atomic E-state index is 10.7. The van der Waals surface area contributed by atoms with Gasteiger partial charge in [-0.05, 0) is 34.1 Å². The maximum absolute atomic E-state index is 10.7. The molecule has 1 N–H and O–H groups in total. The van der Waals surface area contributed by atoms with Gasteiger partial charge in [-0.2, -0.15) is 0 Å². The zero-order chi connectivity index (χ0) is 9.99. The van der Waals surface area contributed by atoms with E-state index in [0.29, 0.717) is 6.42 Å². The molecule has 0 fully saturated rings. The van der Waals surface area contributed by atoms with Crippen molar-refractivity contribution in [2.24, 2.45) is 10.8 Å². The minimum atomic E-state index is -0.800. The monoisotopic (exact) mass is 168 g/mol. The molecular formula is C10H16O2. The standard InChI is InChI=1S/C10H16O2/c1-6-9(2,3)7-10(4,5)8(11)12/h1H,7H2,2-5H3,(H,11,12). The fourth-order valence-corrected chi connectivity index (χ4v) is 1.23. The molecule has 0 aromatic carbocycles. The molecule has 0 aliphatic rings. The number of hydrogen-bond acceptors (Lipinski definition) is 1. The second-order valence-electron chi connectivity index (χ2n) is 4.39. The Kier molecular flexibility index (Phi) is 2.93. The van der Waals surface area contributed by atoms with Gasteiger partial charge in [-0.25, -0.2) is 0 Å². The van der Waals surface area contributed by atoms with Crippen LogP contribution in [0, 0.1) is 23.2 Å². The van der Waals surface area contributed by atoms with Crippen LogP contribution in [0.5, 0.6) is 0 Å². The third kappa shape index (κ3) is 2.96. The van der Waals surface area contributed by atoms with E-state index in [1.807, 2.05) is 13.8 Å². The van der Waals surface area contributed by atoms with Gasteiger partial charge in [0.2, 0.25) is 0 Å². The van der Waals surface area contributed by atoms with Crippen LogP contribution >= 0.6 is 0 Å². The largest absolute Gasteiger partial charge is 0.481 e. The molecule has 2 heteroatoms. The quantitative estimate of drug-likeness (QED) is 0.655. The highest BCUT2D eigenvalue weighted by Crippen LogP contribution is 2.32. The Morgan fingerprint density at radius 1 is 1.42 bits per heavy atom. The molecule has 0 saturated carbocycles. The Labute approximate surface area is 74.0 Å². The Morgan fingerprint density at radius 3 is 2.08 bits per heavy atom. The van der Waals surface area contributed by atoms with Crippen LogP contribution in [-0.2, 0) is 4.79 Å². The van der Waals surface area contributed by atoms with Gasteiger partial charge in [0.15, 0.2) is 0 Å². The third-order valence-corrected chi connectivity index (χ3v) is 1.85. The van der Waals surface area contributed by atoms with Gasteiger partial charge in [-0.1, -0.05) is 0 Å². The SMILES string of the molecule is C#CC(C)(C)CC(C)(C)C(=O)O. The van der Waals surface area contributed by atoms with E-state index in [-0.39, 0.29) is 5.41 Å². The number of carbonyl (C=O) groups is 1. The van der Waals surface area contributed by atoms with E-state index in [2.05, 4.69) is 5.92 Å². The van der Waals surface area contributed by atoms with Crippen LogP contribution in [0.25, 0.3) is 0 Å². The summed E-state index contributed by atoms with van der Waals surface area (Å²) in [6.07, 6.45) is 5.76. The first-order chi connectivity index (χ1) is 5.21. The van der Waals surface area contributed by atoms with Gasteiger partial charge in [-0.15, -0.1) is 12.3 Å². The lowest BCUT2D eigenvalue weighted by atomic mass is 9.76. The molecule has 0 amide bonds. The van der Waals surface area contributed by atoms with Crippen LogP contribution < -0.4 is 0 Å². The van der Waals surface area contributed by atoms with Crippen LogP contribution in [0.15, 0.2) is 0 Å². The van der Waals surface area contributed by atoms with Gasteiger partial charge in [0.05, 0.1) is 5.41 Å². The van der Waals surface area contributed by atoms with Crippen LogP contribution in [-0.4, -0.2) is 11.1 Å². The highest BCUT2D eigenvalue weighted by atomic mass is 16.4. The lowest BCUT2D eigenvalue weighted by Crippen LogP contribution is -2.29. The third-order valence-electron chi connectivity index (χ3n) is 1.85. The van der Waals surface area contributed by atoms with E-state index in [0.717, 1.165) is 0 Å². The summed E-state index contributed by atoms with van der Waals surface area (Å²) in [7, 11) is 0. The number of terminal acetylenes is 1. The van der Waals surface area contributed by atoms with Crippen LogP contribution in [0.1, 0.15) is 34.1 Å². The lowest BCUT2D eigenvalue weighted by molar-refractivity contribution is -0.148. The lowest BCUT2D eigenvalue weighted by Gasteiger charge is -2.27. The first-order valence-corrected chi connectivity index (χ1v) is 3.92. The van der Waals surface area contributed by atoms with E-state index >= 15 is 0 Å². The summed E-state index contributed by atoms with van der Waals surface area (Å²) in [4.78, 5) is 10.7. The zero-order valence-corrected chi connectivity index (χ0v) is 8.14. The molecule has 0 aromatic rings. The van der Waals surface area contributed by atoms with Crippen molar-refractivity contribution in [3.63, 3.8) is 0 Å². The number of carboxylic acids is 1. The highest BCUT2D eigenvalue weighted by molar-refractivity contribution is 5.73. The minimum Gasteiger partial charge on any atom is -0.481 e. The second-order valence-corrected chi connectivity index (χ2v) is 4.39. The number of aliphatic carboxylic acids is 1. The Morgan fingerprint density at radius 2 is 1.83 bits per heavy atom. The Bertz CT molecular complexity index is 218. The van der Waals surface area contributed by atoms with E-state index in [1.54, 1.807) is 13.8 Å². The van der Waals surface area contributed by atoms with Gasteiger partial charge in [0.25, 0.3) is 0 Å². The molecule has 0 unspecified atom stereocenters. The molecule has 0 aliphatic heterocycles. The Hall–Kier alpha value is -0.970. The van der Waals surface area contributed by atoms with Gasteiger partial charge >= 0.3 is 5.97 Å². The molecule has 0 atom stereocenters. The van der Waals surface area contributed by atoms with Gasteiger partial charge < -0.3 is 5.11 Å². The maximum Gasteiger partial charge on any atom is 0.309 e. The molecule has 0 saturated heterocycles. The van der Waals surface area contributed by atoms with Crippen molar-refractivity contribution in [2.45, 2.75) is 34.1 Å². The molecule has 2 nitrogen and oxygen atoms in total. The molecule has 12 heavy (non-hydrogen) atoms. The summed E-state index contributed by atoms with van der Waals surface area (Å²) >= 11 is 0. The average molecular weight is 168 g/mol. The smallest absolute Gasteiger partial charge is 0.309 e. The van der Waals surface area contributed by atoms with Gasteiger partial charge in [-0.3, -0.25) is 4.79 Å². The number of carboxylic acid groups (broad SMARTS) is 1. The number of hydrogen-bond donors (Lipinski definition) is 1. The predicted molar refractivity (Wildman–Crippen MR) is 48.6 cm³/mol. The summed E-state index contributed by atoms with van der Waals surface area (Å²) in [5.41, 5.74) is -1.09. The second kappa shape index (κ2) is 3.18. The van der Waals surface area contributed by atoms with E-state index in [4.69, 9.17) is 11.5 Å². The van der Waals surface area contributed by atoms with Crippen molar-refractivity contribution < 1.29 is 9.90 Å². The van der Waals surface area contributed by atoms with E-state index in [1.165, 1.54) is 0 Å². The summed E-state index contributed by atoms with van der Waals surface area (Å²) < 4.78 is 0. The van der Waals surface area contributed by atoms with Crippen molar-refractivity contribution in [3.8, 4) is 12.3 Å². The molecule has 0 heterocycles. The average Bonchev–Trinajstić information content (AvgIpc) is 1.85. The predicted octanol–water partition coefficient (Wildman–Crippen LogP) is 2.15. The Balaban J connectivity index is 4.47. The minimum absolute atomic E-state index is 0.345. The number of rotatable bonds is 3. The highest BCUT2D eigenvalue weighted by Gasteiger charge is 2.33. The fraction of sp³-hybridized carbons (Fsp3) is 0.700. The van der Waals surface area contributed by atoms with Crippen molar-refractivity contribution in [1.82, 2.24) is 0 Å². The molecule has 0 aromatic heterocycles. The normalized spacial score (nSPS) is 12.2. The zero-order valence-electron chi connectivity index (χ0n) is 8.14. The fourth-order valence-electron chi connectivity index (χ4n) is 1.23. The molecule has 0 radical (unpaired) electrons.